The number of rotatable bonds is 6. The van der Waals surface area contributed by atoms with E-state index >= 15 is 0 Å². The summed E-state index contributed by atoms with van der Waals surface area (Å²) < 4.78 is 1.67. The molecule has 2 aromatic heterocycles. The van der Waals surface area contributed by atoms with Crippen molar-refractivity contribution in [1.82, 2.24) is 19.7 Å². The quantitative estimate of drug-likeness (QED) is 0.434. The van der Waals surface area contributed by atoms with Gasteiger partial charge in [-0.2, -0.15) is 5.10 Å². The molecule has 1 saturated heterocycles. The molecular formula is C28H32N6O2. The molecule has 5 rings (SSSR count). The van der Waals surface area contributed by atoms with E-state index in [1.165, 1.54) is 11.1 Å². The Morgan fingerprint density at radius 3 is 2.56 bits per heavy atom. The summed E-state index contributed by atoms with van der Waals surface area (Å²) in [7, 11) is 1.81. The summed E-state index contributed by atoms with van der Waals surface area (Å²) in [5.74, 6) is -0.264. The summed E-state index contributed by atoms with van der Waals surface area (Å²) in [6, 6.07) is 19.7. The number of nitrogens with zero attached hydrogens (tertiary/aromatic N) is 5. The number of amides is 1. The highest BCUT2D eigenvalue weighted by Gasteiger charge is 2.22. The number of β-amino-alcohol motifs (C(OH)–C–C–N with tert-alkyl or cyclic N) is 1. The van der Waals surface area contributed by atoms with Gasteiger partial charge < -0.3 is 15.3 Å². The molecule has 1 atom stereocenters. The number of fused-ring (bicyclic) bond motifs is 1. The van der Waals surface area contributed by atoms with E-state index in [-0.39, 0.29) is 5.91 Å². The van der Waals surface area contributed by atoms with Crippen LogP contribution in [0.1, 0.15) is 33.5 Å². The Morgan fingerprint density at radius 2 is 1.81 bits per heavy atom. The maximum absolute atomic E-state index is 12.6. The lowest BCUT2D eigenvalue weighted by molar-refractivity contribution is 0.102. The number of aliphatic hydroxyl groups excluding tert-OH is 1. The molecule has 1 amide bonds. The standard InChI is InChI=1S/C28H32N6O2/c1-19-10-11-23-24(29-19)8-5-9-26(23)34-14-12-33(13-15-34)18-27(35)21-6-4-7-22(17-21)30-28(36)25-16-20(2)32(3)31-25/h4-11,16-17,27,35H,12-15,18H2,1-3H3,(H,30,36). The number of carbonyl (C=O) groups is 1. The number of nitrogens with one attached hydrogen (secondary N) is 1. The maximum atomic E-state index is 12.6. The fourth-order valence-corrected chi connectivity index (χ4v) is 4.73. The molecule has 186 valence electrons. The predicted molar refractivity (Wildman–Crippen MR) is 142 cm³/mol. The van der Waals surface area contributed by atoms with Gasteiger partial charge in [0.1, 0.15) is 0 Å². The van der Waals surface area contributed by atoms with Crippen LogP contribution in [0.25, 0.3) is 10.9 Å². The average molecular weight is 485 g/mol. The Morgan fingerprint density at radius 1 is 1.03 bits per heavy atom. The van der Waals surface area contributed by atoms with Gasteiger partial charge in [-0.1, -0.05) is 18.2 Å². The van der Waals surface area contributed by atoms with Crippen molar-refractivity contribution in [2.45, 2.75) is 20.0 Å². The second kappa shape index (κ2) is 10.1. The normalized spacial score (nSPS) is 15.3. The van der Waals surface area contributed by atoms with Gasteiger partial charge in [-0.05, 0) is 61.9 Å². The molecule has 4 aromatic rings. The molecule has 1 unspecified atom stereocenters. The van der Waals surface area contributed by atoms with Crippen LogP contribution in [0, 0.1) is 13.8 Å². The van der Waals surface area contributed by atoms with Crippen molar-refractivity contribution in [1.29, 1.82) is 0 Å². The summed E-state index contributed by atoms with van der Waals surface area (Å²) in [4.78, 5) is 21.9. The first kappa shape index (κ1) is 24.0. The van der Waals surface area contributed by atoms with Gasteiger partial charge in [-0.3, -0.25) is 19.4 Å². The number of hydrogen-bond donors (Lipinski definition) is 2. The first-order valence-electron chi connectivity index (χ1n) is 12.3. The van der Waals surface area contributed by atoms with Gasteiger partial charge in [0.05, 0.1) is 11.6 Å². The molecule has 1 aliphatic rings. The Hall–Kier alpha value is -3.75. The molecule has 2 N–H and O–H groups in total. The number of piperazine rings is 1. The third-order valence-electron chi connectivity index (χ3n) is 6.87. The predicted octanol–water partition coefficient (Wildman–Crippen LogP) is 3.69. The Balaban J connectivity index is 1.19. The topological polar surface area (TPSA) is 86.5 Å². The highest BCUT2D eigenvalue weighted by Crippen LogP contribution is 2.27. The van der Waals surface area contributed by atoms with Crippen LogP contribution in [0.3, 0.4) is 0 Å². The number of benzene rings is 2. The van der Waals surface area contributed by atoms with Crippen molar-refractivity contribution in [2.24, 2.45) is 7.05 Å². The maximum Gasteiger partial charge on any atom is 0.276 e. The summed E-state index contributed by atoms with van der Waals surface area (Å²) in [5, 5.41) is 19.2. The minimum Gasteiger partial charge on any atom is -0.387 e. The molecule has 2 aromatic carbocycles. The van der Waals surface area contributed by atoms with E-state index in [0.717, 1.165) is 48.6 Å². The van der Waals surface area contributed by atoms with Crippen LogP contribution in [0.2, 0.25) is 0 Å². The molecule has 36 heavy (non-hydrogen) atoms. The molecule has 8 nitrogen and oxygen atoms in total. The first-order chi connectivity index (χ1) is 17.4. The van der Waals surface area contributed by atoms with Crippen molar-refractivity contribution >= 4 is 28.2 Å². The van der Waals surface area contributed by atoms with Crippen molar-refractivity contribution in [2.75, 3.05) is 42.9 Å². The number of anilines is 2. The monoisotopic (exact) mass is 484 g/mol. The molecule has 0 spiro atoms. The highest BCUT2D eigenvalue weighted by atomic mass is 16.3. The zero-order chi connectivity index (χ0) is 25.2. The van der Waals surface area contributed by atoms with Crippen LogP contribution in [-0.2, 0) is 7.05 Å². The van der Waals surface area contributed by atoms with E-state index in [1.807, 2.05) is 45.2 Å². The largest absolute Gasteiger partial charge is 0.387 e. The van der Waals surface area contributed by atoms with Crippen molar-refractivity contribution in [3.63, 3.8) is 0 Å². The third kappa shape index (κ3) is 5.10. The minimum absolute atomic E-state index is 0.264. The summed E-state index contributed by atoms with van der Waals surface area (Å²) in [6.45, 7) is 7.96. The number of aryl methyl sites for hydroxylation is 3. The van der Waals surface area contributed by atoms with Gasteiger partial charge in [0.25, 0.3) is 5.91 Å². The zero-order valence-corrected chi connectivity index (χ0v) is 21.0. The lowest BCUT2D eigenvalue weighted by atomic mass is 10.1. The summed E-state index contributed by atoms with van der Waals surface area (Å²) in [5.41, 5.74) is 5.97. The molecule has 1 aliphatic heterocycles. The van der Waals surface area contributed by atoms with Crippen LogP contribution < -0.4 is 10.2 Å². The fourth-order valence-electron chi connectivity index (χ4n) is 4.73. The Kier molecular flexibility index (Phi) is 6.71. The second-order valence-electron chi connectivity index (χ2n) is 9.47. The zero-order valence-electron chi connectivity index (χ0n) is 21.0. The van der Waals surface area contributed by atoms with Crippen molar-refractivity contribution in [3.05, 3.63) is 83.3 Å². The van der Waals surface area contributed by atoms with Crippen molar-refractivity contribution < 1.29 is 9.90 Å². The van der Waals surface area contributed by atoms with Gasteiger partial charge in [0, 0.05) is 67.9 Å². The first-order valence-corrected chi connectivity index (χ1v) is 12.3. The van der Waals surface area contributed by atoms with E-state index < -0.39 is 6.10 Å². The number of hydrogen-bond acceptors (Lipinski definition) is 6. The molecule has 0 aliphatic carbocycles. The molecular weight excluding hydrogens is 452 g/mol. The SMILES string of the molecule is Cc1ccc2c(N3CCN(CC(O)c4cccc(NC(=O)c5cc(C)n(C)n5)c4)CC3)cccc2n1. The van der Waals surface area contributed by atoms with Gasteiger partial charge in [0.2, 0.25) is 0 Å². The number of aliphatic hydroxyl groups is 1. The van der Waals surface area contributed by atoms with E-state index in [0.29, 0.717) is 17.9 Å². The van der Waals surface area contributed by atoms with Crippen LogP contribution in [-0.4, -0.2) is 63.4 Å². The average Bonchev–Trinajstić information content (AvgIpc) is 3.22. The van der Waals surface area contributed by atoms with Gasteiger partial charge in [-0.25, -0.2) is 0 Å². The van der Waals surface area contributed by atoms with Crippen LogP contribution >= 0.6 is 0 Å². The van der Waals surface area contributed by atoms with Crippen molar-refractivity contribution in [3.8, 4) is 0 Å². The van der Waals surface area contributed by atoms with E-state index in [2.05, 4.69) is 55.5 Å². The van der Waals surface area contributed by atoms with Crippen LogP contribution in [0.4, 0.5) is 11.4 Å². The number of pyridine rings is 1. The molecule has 1 fully saturated rings. The molecule has 3 heterocycles. The Labute approximate surface area is 211 Å². The van der Waals surface area contributed by atoms with Crippen LogP contribution in [0.5, 0.6) is 0 Å². The summed E-state index contributed by atoms with van der Waals surface area (Å²) in [6.07, 6.45) is -0.643. The molecule has 0 radical (unpaired) electrons. The summed E-state index contributed by atoms with van der Waals surface area (Å²) >= 11 is 0. The van der Waals surface area contributed by atoms with E-state index in [4.69, 9.17) is 0 Å². The lowest BCUT2D eigenvalue weighted by Gasteiger charge is -2.37. The third-order valence-corrected chi connectivity index (χ3v) is 6.87. The van der Waals surface area contributed by atoms with Crippen LogP contribution in [0.15, 0.2) is 60.7 Å². The number of carbonyl (C=O) groups excluding carboxylic acids is 1. The second-order valence-corrected chi connectivity index (χ2v) is 9.47. The molecule has 0 bridgehead atoms. The Bertz CT molecular complexity index is 1370. The van der Waals surface area contributed by atoms with Gasteiger partial charge in [0.15, 0.2) is 5.69 Å². The van der Waals surface area contributed by atoms with Gasteiger partial charge in [-0.15, -0.1) is 0 Å². The number of aromatic nitrogens is 3. The van der Waals surface area contributed by atoms with E-state index in [1.54, 1.807) is 10.7 Å². The van der Waals surface area contributed by atoms with E-state index in [9.17, 15) is 9.90 Å². The smallest absolute Gasteiger partial charge is 0.276 e. The lowest BCUT2D eigenvalue weighted by Crippen LogP contribution is -2.47. The molecule has 0 saturated carbocycles. The highest BCUT2D eigenvalue weighted by molar-refractivity contribution is 6.03. The fraction of sp³-hybridized carbons (Fsp3) is 0.321. The molecule has 8 heteroatoms. The minimum atomic E-state index is -0.643. The van der Waals surface area contributed by atoms with Gasteiger partial charge >= 0.3 is 0 Å².